The fourth-order valence-corrected chi connectivity index (χ4v) is 3.77. The van der Waals surface area contributed by atoms with Gasteiger partial charge in [-0.3, -0.25) is 4.79 Å². The maximum atomic E-state index is 11.6. The van der Waals surface area contributed by atoms with Crippen LogP contribution >= 0.6 is 0 Å². The van der Waals surface area contributed by atoms with Crippen LogP contribution in [0.5, 0.6) is 0 Å². The molecule has 1 unspecified atom stereocenters. The van der Waals surface area contributed by atoms with Crippen molar-refractivity contribution in [1.29, 1.82) is 0 Å². The Morgan fingerprint density at radius 1 is 0.808 bits per heavy atom. The molecule has 1 heterocycles. The zero-order valence-electron chi connectivity index (χ0n) is 17.1. The van der Waals surface area contributed by atoms with Crippen molar-refractivity contribution in [2.45, 2.75) is 116 Å². The molecule has 0 saturated carbocycles. The maximum Gasteiger partial charge on any atom is 0.249 e. The smallest absolute Gasteiger partial charge is 0.249 e. The Bertz CT molecular complexity index is 382. The van der Waals surface area contributed by atoms with E-state index in [9.17, 15) is 4.79 Å². The Morgan fingerprint density at radius 2 is 1.27 bits per heavy atom. The van der Waals surface area contributed by atoms with Crippen LogP contribution in [0.3, 0.4) is 0 Å². The summed E-state index contributed by atoms with van der Waals surface area (Å²) in [5.41, 5.74) is 3.49. The molecule has 0 bridgehead atoms. The Labute approximate surface area is 161 Å². The van der Waals surface area contributed by atoms with Crippen molar-refractivity contribution in [3.8, 4) is 0 Å². The molecular weight excluding hydrogens is 324 g/mol. The first-order valence-electron chi connectivity index (χ1n) is 11.3. The maximum absolute atomic E-state index is 11.6. The third-order valence-electron chi connectivity index (χ3n) is 5.48. The summed E-state index contributed by atoms with van der Waals surface area (Å²) < 4.78 is 0. The van der Waals surface area contributed by atoms with Crippen LogP contribution in [0.25, 0.3) is 0 Å². The van der Waals surface area contributed by atoms with Gasteiger partial charge in [0, 0.05) is 6.61 Å². The van der Waals surface area contributed by atoms with Gasteiger partial charge < -0.3 is 5.11 Å². The lowest BCUT2D eigenvalue weighted by Crippen LogP contribution is -2.24. The molecule has 0 aromatic heterocycles. The summed E-state index contributed by atoms with van der Waals surface area (Å²) in [5, 5.41) is 13.2. The Kier molecular flexibility index (Phi) is 14.5. The largest absolute Gasteiger partial charge is 0.396 e. The van der Waals surface area contributed by atoms with E-state index in [1.165, 1.54) is 89.9 Å². The fourth-order valence-electron chi connectivity index (χ4n) is 3.77. The number of rotatable bonds is 18. The van der Waals surface area contributed by atoms with Gasteiger partial charge in [0.1, 0.15) is 0 Å². The third kappa shape index (κ3) is 10.9. The van der Waals surface area contributed by atoms with Crippen molar-refractivity contribution >= 4 is 11.6 Å². The van der Waals surface area contributed by atoms with Crippen molar-refractivity contribution < 1.29 is 9.90 Å². The van der Waals surface area contributed by atoms with Crippen molar-refractivity contribution in [3.05, 3.63) is 0 Å². The molecular formula is C22H42N2O2. The van der Waals surface area contributed by atoms with Gasteiger partial charge in [0.15, 0.2) is 0 Å². The number of aliphatic hydroxyl groups excluding tert-OH is 1. The molecule has 1 aliphatic rings. The quantitative estimate of drug-likeness (QED) is 0.304. The SMILES string of the molecule is CCCCCCCCCCCCCCCCCC1=NNC(=O)C1CCO. The van der Waals surface area contributed by atoms with Gasteiger partial charge in [0.05, 0.1) is 11.6 Å². The van der Waals surface area contributed by atoms with Crippen LogP contribution in [0.4, 0.5) is 0 Å². The van der Waals surface area contributed by atoms with Crippen LogP contribution in [0.15, 0.2) is 5.10 Å². The lowest BCUT2D eigenvalue weighted by molar-refractivity contribution is -0.122. The molecule has 0 aromatic rings. The number of hydrogen-bond donors (Lipinski definition) is 2. The summed E-state index contributed by atoms with van der Waals surface area (Å²) in [5.74, 6) is -0.235. The minimum atomic E-state index is -0.188. The summed E-state index contributed by atoms with van der Waals surface area (Å²) >= 11 is 0. The summed E-state index contributed by atoms with van der Waals surface area (Å²) in [6.45, 7) is 2.33. The Morgan fingerprint density at radius 3 is 1.73 bits per heavy atom. The van der Waals surface area contributed by atoms with Gasteiger partial charge in [-0.25, -0.2) is 5.43 Å². The van der Waals surface area contributed by atoms with E-state index in [2.05, 4.69) is 17.5 Å². The highest BCUT2D eigenvalue weighted by atomic mass is 16.3. The predicted octanol–water partition coefficient (Wildman–Crippen LogP) is 5.73. The molecule has 0 aromatic carbocycles. The first kappa shape index (κ1) is 23.1. The van der Waals surface area contributed by atoms with Crippen molar-refractivity contribution in [2.75, 3.05) is 6.61 Å². The second-order valence-electron chi connectivity index (χ2n) is 7.84. The van der Waals surface area contributed by atoms with E-state index >= 15 is 0 Å². The molecule has 0 saturated heterocycles. The summed E-state index contributed by atoms with van der Waals surface area (Å²) in [6, 6.07) is 0. The van der Waals surface area contributed by atoms with Gasteiger partial charge in [-0.05, 0) is 19.3 Å². The second kappa shape index (κ2) is 16.3. The molecule has 4 nitrogen and oxygen atoms in total. The topological polar surface area (TPSA) is 61.7 Å². The van der Waals surface area contributed by atoms with Crippen molar-refractivity contribution in [1.82, 2.24) is 5.43 Å². The van der Waals surface area contributed by atoms with E-state index < -0.39 is 0 Å². The molecule has 0 fully saturated rings. The number of aliphatic hydroxyl groups is 1. The fraction of sp³-hybridized carbons (Fsp3) is 0.909. The number of amides is 1. The van der Waals surface area contributed by atoms with Crippen LogP contribution in [-0.2, 0) is 4.79 Å². The highest BCUT2D eigenvalue weighted by molar-refractivity contribution is 6.07. The number of hydrogen-bond acceptors (Lipinski definition) is 3. The first-order chi connectivity index (χ1) is 12.8. The number of nitrogens with zero attached hydrogens (tertiary/aromatic N) is 1. The van der Waals surface area contributed by atoms with Crippen LogP contribution in [0.1, 0.15) is 116 Å². The van der Waals surface area contributed by atoms with E-state index in [0.29, 0.717) is 6.42 Å². The zero-order chi connectivity index (χ0) is 18.9. The zero-order valence-corrected chi connectivity index (χ0v) is 17.1. The predicted molar refractivity (Wildman–Crippen MR) is 110 cm³/mol. The van der Waals surface area contributed by atoms with Gasteiger partial charge in [0.25, 0.3) is 0 Å². The van der Waals surface area contributed by atoms with E-state index in [1.807, 2.05) is 0 Å². The van der Waals surface area contributed by atoms with Crippen LogP contribution in [-0.4, -0.2) is 23.3 Å². The molecule has 1 rings (SSSR count). The normalized spacial score (nSPS) is 16.8. The lowest BCUT2D eigenvalue weighted by Gasteiger charge is -2.08. The van der Waals surface area contributed by atoms with Crippen LogP contribution in [0.2, 0.25) is 0 Å². The monoisotopic (exact) mass is 366 g/mol. The summed E-state index contributed by atoms with van der Waals surface area (Å²) in [4.78, 5) is 11.6. The third-order valence-corrected chi connectivity index (χ3v) is 5.48. The average Bonchev–Trinajstić information content (AvgIpc) is 2.99. The molecule has 0 radical (unpaired) electrons. The molecule has 152 valence electrons. The van der Waals surface area contributed by atoms with Gasteiger partial charge >= 0.3 is 0 Å². The van der Waals surface area contributed by atoms with E-state index in [0.717, 1.165) is 18.6 Å². The minimum Gasteiger partial charge on any atom is -0.396 e. The molecule has 26 heavy (non-hydrogen) atoms. The van der Waals surface area contributed by atoms with Crippen molar-refractivity contribution in [2.24, 2.45) is 11.0 Å². The molecule has 0 aliphatic carbocycles. The number of carbonyl (C=O) groups is 1. The lowest BCUT2D eigenvalue weighted by atomic mass is 9.95. The highest BCUT2D eigenvalue weighted by Crippen LogP contribution is 2.18. The number of hydrazone groups is 1. The number of carbonyl (C=O) groups excluding carboxylic acids is 1. The molecule has 1 atom stereocenters. The Hall–Kier alpha value is -0.900. The number of nitrogens with one attached hydrogen (secondary N) is 1. The summed E-state index contributed by atoms with van der Waals surface area (Å²) in [6.07, 6.45) is 21.8. The summed E-state index contributed by atoms with van der Waals surface area (Å²) in [7, 11) is 0. The van der Waals surface area contributed by atoms with Gasteiger partial charge in [-0.15, -0.1) is 0 Å². The van der Waals surface area contributed by atoms with Crippen LogP contribution in [0, 0.1) is 5.92 Å². The second-order valence-corrected chi connectivity index (χ2v) is 7.84. The average molecular weight is 367 g/mol. The van der Waals surface area contributed by atoms with E-state index in [4.69, 9.17) is 5.11 Å². The minimum absolute atomic E-state index is 0.0463. The molecule has 0 spiro atoms. The molecule has 2 N–H and O–H groups in total. The molecule has 1 amide bonds. The van der Waals surface area contributed by atoms with Gasteiger partial charge in [-0.2, -0.15) is 5.10 Å². The molecule has 4 heteroatoms. The number of unbranched alkanes of at least 4 members (excludes halogenated alkanes) is 14. The van der Waals surface area contributed by atoms with Crippen LogP contribution < -0.4 is 5.43 Å². The first-order valence-corrected chi connectivity index (χ1v) is 11.3. The van der Waals surface area contributed by atoms with Gasteiger partial charge in [0.2, 0.25) is 5.91 Å². The molecule has 1 aliphatic heterocycles. The van der Waals surface area contributed by atoms with Gasteiger partial charge in [-0.1, -0.05) is 96.8 Å². The van der Waals surface area contributed by atoms with Crippen molar-refractivity contribution in [3.63, 3.8) is 0 Å². The van der Waals surface area contributed by atoms with E-state index in [-0.39, 0.29) is 18.4 Å². The highest BCUT2D eigenvalue weighted by Gasteiger charge is 2.28. The van der Waals surface area contributed by atoms with E-state index in [1.54, 1.807) is 0 Å². The Balaban J connectivity index is 1.82. The standard InChI is InChI=1S/C22H42N2O2/c1-2-3-4-5-6-7-8-9-10-11-12-13-14-15-16-17-21-20(18-19-25)22(26)24-23-21/h20,25H,2-19H2,1H3,(H,24,26).